The molecule has 188 valence electrons. The molecule has 1 aliphatic rings. The Labute approximate surface area is 231 Å². The molecule has 0 radical (unpaired) electrons. The van der Waals surface area contributed by atoms with Crippen LogP contribution in [0.1, 0.15) is 22.5 Å². The first-order chi connectivity index (χ1) is 19.8. The van der Waals surface area contributed by atoms with Crippen molar-refractivity contribution in [2.45, 2.75) is 0 Å². The van der Waals surface area contributed by atoms with Crippen LogP contribution in [0.4, 0.5) is 11.4 Å². The number of aliphatic imine (C=N–C) groups is 2. The Bertz CT molecular complexity index is 1750. The lowest BCUT2D eigenvalue weighted by Gasteiger charge is -2.17. The Balaban J connectivity index is 1.41. The van der Waals surface area contributed by atoms with Crippen LogP contribution in [0.3, 0.4) is 0 Å². The molecular weight excluding hydrogens is 492 g/mol. The van der Waals surface area contributed by atoms with Gasteiger partial charge in [-0.2, -0.15) is 0 Å². The average molecular weight is 515 g/mol. The summed E-state index contributed by atoms with van der Waals surface area (Å²) < 4.78 is 0. The largest absolute Gasteiger partial charge is 0.255 e. The molecule has 0 fully saturated rings. The second kappa shape index (κ2) is 10.3. The second-order valence-corrected chi connectivity index (χ2v) is 9.20. The fourth-order valence-electron chi connectivity index (χ4n) is 4.74. The summed E-state index contributed by atoms with van der Waals surface area (Å²) in [6.07, 6.45) is 3.55. The molecule has 1 aliphatic heterocycles. The van der Waals surface area contributed by atoms with E-state index in [0.29, 0.717) is 0 Å². The monoisotopic (exact) mass is 514 g/mol. The molecule has 6 nitrogen and oxygen atoms in total. The summed E-state index contributed by atoms with van der Waals surface area (Å²) in [6, 6.07) is 39.6. The summed E-state index contributed by atoms with van der Waals surface area (Å²) in [7, 11) is 0. The van der Waals surface area contributed by atoms with E-state index in [9.17, 15) is 0 Å². The molecule has 40 heavy (non-hydrogen) atoms. The zero-order valence-corrected chi connectivity index (χ0v) is 21.4. The van der Waals surface area contributed by atoms with Gasteiger partial charge in [0.05, 0.1) is 57.0 Å². The van der Waals surface area contributed by atoms with Gasteiger partial charge in [-0.3, -0.25) is 9.97 Å². The van der Waals surface area contributed by atoms with Gasteiger partial charge in [-0.25, -0.2) is 20.0 Å². The summed E-state index contributed by atoms with van der Waals surface area (Å²) in [5.74, 6) is 0. The van der Waals surface area contributed by atoms with E-state index in [2.05, 4.69) is 9.97 Å². The fraction of sp³-hybridized carbons (Fsp3) is 0. The van der Waals surface area contributed by atoms with Gasteiger partial charge < -0.3 is 0 Å². The zero-order chi connectivity index (χ0) is 26.7. The predicted molar refractivity (Wildman–Crippen MR) is 158 cm³/mol. The van der Waals surface area contributed by atoms with Crippen LogP contribution in [0.2, 0.25) is 0 Å². The number of pyridine rings is 4. The first-order valence-corrected chi connectivity index (χ1v) is 13.0. The lowest BCUT2D eigenvalue weighted by molar-refractivity contribution is 1.22. The predicted octanol–water partition coefficient (Wildman–Crippen LogP) is 7.25. The van der Waals surface area contributed by atoms with E-state index in [1.54, 1.807) is 12.4 Å². The van der Waals surface area contributed by atoms with Crippen molar-refractivity contribution in [3.8, 4) is 22.8 Å². The van der Waals surface area contributed by atoms with E-state index < -0.39 is 0 Å². The molecular formula is C34H22N6. The van der Waals surface area contributed by atoms with Crippen molar-refractivity contribution < 1.29 is 0 Å². The van der Waals surface area contributed by atoms with E-state index in [4.69, 9.17) is 20.0 Å². The molecule has 0 saturated carbocycles. The summed E-state index contributed by atoms with van der Waals surface area (Å²) >= 11 is 0. The van der Waals surface area contributed by atoms with Gasteiger partial charge in [0, 0.05) is 23.5 Å². The number of nitrogens with zero attached hydrogens (tertiary/aromatic N) is 6. The van der Waals surface area contributed by atoms with Gasteiger partial charge in [-0.05, 0) is 60.7 Å². The SMILES string of the molecule is c1ccc(-c2cccc(/C3=N/c4ccccc4/C(c4cccc(-c5ccccn5)n4)=N\c4ccccc43)n2)nc1. The maximum Gasteiger partial charge on any atom is 0.0987 e. The van der Waals surface area contributed by atoms with Crippen molar-refractivity contribution in [1.82, 2.24) is 19.9 Å². The van der Waals surface area contributed by atoms with Gasteiger partial charge in [-0.1, -0.05) is 60.7 Å². The number of benzene rings is 2. The van der Waals surface area contributed by atoms with E-state index >= 15 is 0 Å². The maximum atomic E-state index is 5.21. The molecule has 4 aromatic heterocycles. The molecule has 6 aromatic rings. The van der Waals surface area contributed by atoms with Gasteiger partial charge in [0.1, 0.15) is 0 Å². The van der Waals surface area contributed by atoms with Crippen molar-refractivity contribution in [3.05, 3.63) is 156 Å². The van der Waals surface area contributed by atoms with Crippen LogP contribution < -0.4 is 0 Å². The number of rotatable bonds is 4. The molecule has 0 bridgehead atoms. The fourth-order valence-corrected chi connectivity index (χ4v) is 4.74. The minimum Gasteiger partial charge on any atom is -0.255 e. The standard InChI is InChI=1S/C34H22N6/c1-3-13-25-23(11-1)33(31-19-9-17-29(37-31)27-15-5-7-21-35-27)40-26-14-4-2-12-24(26)34(39-25)32-20-10-18-30(38-32)28-16-6-8-22-36-28/h1-22H/b33-23?,34-24?,39-25?,39-34+,40-26?,40-33+. The Morgan fingerprint density at radius 1 is 0.325 bits per heavy atom. The highest BCUT2D eigenvalue weighted by molar-refractivity contribution is 6.21. The zero-order valence-electron chi connectivity index (χ0n) is 21.4. The van der Waals surface area contributed by atoms with Gasteiger partial charge in [0.2, 0.25) is 0 Å². The average Bonchev–Trinajstić information content (AvgIpc) is 3.03. The lowest BCUT2D eigenvalue weighted by atomic mass is 9.99. The van der Waals surface area contributed by atoms with Crippen LogP contribution in [-0.4, -0.2) is 31.4 Å². The minimum atomic E-state index is 0.749. The molecule has 0 atom stereocenters. The third kappa shape index (κ3) is 4.48. The Hall–Kier alpha value is -5.62. The summed E-state index contributed by atoms with van der Waals surface area (Å²) in [5.41, 5.74) is 9.55. The van der Waals surface area contributed by atoms with Crippen molar-refractivity contribution in [1.29, 1.82) is 0 Å². The van der Waals surface area contributed by atoms with Crippen LogP contribution in [0, 0.1) is 0 Å². The molecule has 0 amide bonds. The van der Waals surface area contributed by atoms with Crippen LogP contribution in [0.5, 0.6) is 0 Å². The Morgan fingerprint density at radius 2 is 0.725 bits per heavy atom. The topological polar surface area (TPSA) is 76.3 Å². The third-order valence-corrected chi connectivity index (χ3v) is 6.62. The van der Waals surface area contributed by atoms with E-state index in [0.717, 1.165) is 68.1 Å². The first kappa shape index (κ1) is 23.5. The maximum absolute atomic E-state index is 5.21. The van der Waals surface area contributed by atoms with Crippen LogP contribution >= 0.6 is 0 Å². The lowest BCUT2D eigenvalue weighted by Crippen LogP contribution is -2.12. The van der Waals surface area contributed by atoms with Gasteiger partial charge in [0.25, 0.3) is 0 Å². The Kier molecular flexibility index (Phi) is 6.03. The van der Waals surface area contributed by atoms with Crippen molar-refractivity contribution in [2.24, 2.45) is 9.98 Å². The minimum absolute atomic E-state index is 0.749. The van der Waals surface area contributed by atoms with E-state index in [-0.39, 0.29) is 0 Å². The number of aromatic nitrogens is 4. The van der Waals surface area contributed by atoms with E-state index in [1.165, 1.54) is 0 Å². The van der Waals surface area contributed by atoms with E-state index in [1.807, 2.05) is 121 Å². The second-order valence-electron chi connectivity index (χ2n) is 9.20. The van der Waals surface area contributed by atoms with Crippen LogP contribution in [0.15, 0.2) is 144 Å². The highest BCUT2D eigenvalue weighted by Crippen LogP contribution is 2.33. The molecule has 6 heteroatoms. The number of hydrogen-bond donors (Lipinski definition) is 0. The molecule has 2 aromatic carbocycles. The number of hydrogen-bond acceptors (Lipinski definition) is 6. The normalized spacial score (nSPS) is 14.9. The van der Waals surface area contributed by atoms with Crippen molar-refractivity contribution >= 4 is 22.8 Å². The molecule has 0 aliphatic carbocycles. The smallest absolute Gasteiger partial charge is 0.0987 e. The van der Waals surface area contributed by atoms with Gasteiger partial charge >= 0.3 is 0 Å². The molecule has 0 saturated heterocycles. The number of para-hydroxylation sites is 2. The molecule has 0 unspecified atom stereocenters. The van der Waals surface area contributed by atoms with Crippen molar-refractivity contribution in [2.75, 3.05) is 0 Å². The highest BCUT2D eigenvalue weighted by atomic mass is 14.9. The number of fused-ring (bicyclic) bond motifs is 2. The van der Waals surface area contributed by atoms with Gasteiger partial charge in [-0.15, -0.1) is 0 Å². The highest BCUT2D eigenvalue weighted by Gasteiger charge is 2.21. The van der Waals surface area contributed by atoms with Gasteiger partial charge in [0.15, 0.2) is 0 Å². The van der Waals surface area contributed by atoms with Crippen LogP contribution in [-0.2, 0) is 0 Å². The third-order valence-electron chi connectivity index (χ3n) is 6.62. The molecule has 0 N–H and O–H groups in total. The quantitative estimate of drug-likeness (QED) is 0.248. The summed E-state index contributed by atoms with van der Waals surface area (Å²) in [4.78, 5) is 29.3. The molecule has 0 spiro atoms. The Morgan fingerprint density at radius 3 is 1.18 bits per heavy atom. The summed E-state index contributed by atoms with van der Waals surface area (Å²) in [6.45, 7) is 0. The molecule has 7 rings (SSSR count). The first-order valence-electron chi connectivity index (χ1n) is 13.0. The van der Waals surface area contributed by atoms with Crippen LogP contribution in [0.25, 0.3) is 22.8 Å². The molecule has 5 heterocycles. The summed E-state index contributed by atoms with van der Waals surface area (Å²) in [5, 5.41) is 0. The van der Waals surface area contributed by atoms with Crippen molar-refractivity contribution in [3.63, 3.8) is 0 Å².